The Morgan fingerprint density at radius 1 is 0.958 bits per heavy atom. The van der Waals surface area contributed by atoms with E-state index in [1.165, 1.54) is 18.4 Å². The fraction of sp³-hybridized carbons (Fsp3) is 0.381. The van der Waals surface area contributed by atoms with E-state index >= 15 is 0 Å². The summed E-state index contributed by atoms with van der Waals surface area (Å²) >= 11 is 0. The molecule has 2 aromatic carbocycles. The normalized spacial score (nSPS) is 20.5. The molecule has 0 saturated heterocycles. The highest BCUT2D eigenvalue weighted by atomic mass is 16.1. The van der Waals surface area contributed by atoms with Gasteiger partial charge >= 0.3 is 0 Å². The van der Waals surface area contributed by atoms with Crippen LogP contribution in [0.4, 0.5) is 5.69 Å². The zero-order chi connectivity index (χ0) is 16.8. The maximum atomic E-state index is 12.3. The van der Waals surface area contributed by atoms with Crippen LogP contribution in [0.2, 0.25) is 0 Å². The lowest BCUT2D eigenvalue weighted by molar-refractivity contribution is -0.117. The van der Waals surface area contributed by atoms with E-state index in [0.717, 1.165) is 24.1 Å². The molecule has 1 fully saturated rings. The SMILES string of the molecule is NCc1ccc(NC(=O)CC2CCC(c3ccccc3)CC2)cc1. The molecule has 0 atom stereocenters. The van der Waals surface area contributed by atoms with Crippen molar-refractivity contribution in [3.8, 4) is 0 Å². The molecular weight excluding hydrogens is 296 g/mol. The van der Waals surface area contributed by atoms with Crippen molar-refractivity contribution in [3.63, 3.8) is 0 Å². The topological polar surface area (TPSA) is 55.1 Å². The maximum absolute atomic E-state index is 12.3. The van der Waals surface area contributed by atoms with Crippen LogP contribution < -0.4 is 11.1 Å². The monoisotopic (exact) mass is 322 g/mol. The fourth-order valence-corrected chi connectivity index (χ4v) is 3.62. The van der Waals surface area contributed by atoms with E-state index in [9.17, 15) is 4.79 Å². The first-order chi connectivity index (χ1) is 11.7. The predicted molar refractivity (Wildman–Crippen MR) is 98.7 cm³/mol. The summed E-state index contributed by atoms with van der Waals surface area (Å²) < 4.78 is 0. The molecule has 0 aromatic heterocycles. The molecule has 3 N–H and O–H groups in total. The molecule has 1 aliphatic rings. The quantitative estimate of drug-likeness (QED) is 0.854. The smallest absolute Gasteiger partial charge is 0.224 e. The average Bonchev–Trinajstić information content (AvgIpc) is 2.64. The highest BCUT2D eigenvalue weighted by molar-refractivity contribution is 5.90. The Morgan fingerprint density at radius 2 is 1.62 bits per heavy atom. The Bertz CT molecular complexity index is 643. The van der Waals surface area contributed by atoms with E-state index in [2.05, 4.69) is 35.6 Å². The minimum atomic E-state index is 0.124. The van der Waals surface area contributed by atoms with Crippen LogP contribution in [0.1, 0.15) is 49.1 Å². The van der Waals surface area contributed by atoms with Crippen LogP contribution in [0.3, 0.4) is 0 Å². The van der Waals surface area contributed by atoms with Gasteiger partial charge in [0.05, 0.1) is 0 Å². The third-order valence-corrected chi connectivity index (χ3v) is 5.07. The summed E-state index contributed by atoms with van der Waals surface area (Å²) in [7, 11) is 0. The third-order valence-electron chi connectivity index (χ3n) is 5.07. The summed E-state index contributed by atoms with van der Waals surface area (Å²) in [5, 5.41) is 3.00. The van der Waals surface area contributed by atoms with Crippen LogP contribution >= 0.6 is 0 Å². The standard InChI is InChI=1S/C21H26N2O/c22-15-17-8-12-20(13-9-17)23-21(24)14-16-6-10-19(11-7-16)18-4-2-1-3-5-18/h1-5,8-9,12-13,16,19H,6-7,10-11,14-15,22H2,(H,23,24). The van der Waals surface area contributed by atoms with E-state index in [1.807, 2.05) is 24.3 Å². The van der Waals surface area contributed by atoms with Crippen molar-refractivity contribution in [2.24, 2.45) is 11.7 Å². The van der Waals surface area contributed by atoms with Crippen molar-refractivity contribution >= 4 is 11.6 Å². The molecule has 126 valence electrons. The van der Waals surface area contributed by atoms with Gasteiger partial charge in [0.1, 0.15) is 0 Å². The van der Waals surface area contributed by atoms with Gasteiger partial charge in [-0.3, -0.25) is 4.79 Å². The van der Waals surface area contributed by atoms with Crippen molar-refractivity contribution in [3.05, 3.63) is 65.7 Å². The number of benzene rings is 2. The van der Waals surface area contributed by atoms with Crippen molar-refractivity contribution in [2.75, 3.05) is 5.32 Å². The summed E-state index contributed by atoms with van der Waals surface area (Å²) in [6, 6.07) is 18.5. The summed E-state index contributed by atoms with van der Waals surface area (Å²) in [5.74, 6) is 1.29. The van der Waals surface area contributed by atoms with Gasteiger partial charge in [-0.05, 0) is 60.8 Å². The van der Waals surface area contributed by atoms with Crippen molar-refractivity contribution < 1.29 is 4.79 Å². The van der Waals surface area contributed by atoms with Gasteiger partial charge in [-0.2, -0.15) is 0 Å². The van der Waals surface area contributed by atoms with Gasteiger partial charge in [-0.25, -0.2) is 0 Å². The van der Waals surface area contributed by atoms with Gasteiger partial charge in [-0.15, -0.1) is 0 Å². The van der Waals surface area contributed by atoms with Crippen LogP contribution in [0.5, 0.6) is 0 Å². The number of nitrogens with one attached hydrogen (secondary N) is 1. The van der Waals surface area contributed by atoms with Crippen molar-refractivity contribution in [1.29, 1.82) is 0 Å². The number of anilines is 1. The lowest BCUT2D eigenvalue weighted by Gasteiger charge is -2.28. The van der Waals surface area contributed by atoms with E-state index in [-0.39, 0.29) is 5.91 Å². The molecule has 1 amide bonds. The van der Waals surface area contributed by atoms with E-state index in [1.54, 1.807) is 0 Å². The lowest BCUT2D eigenvalue weighted by atomic mass is 9.77. The number of hydrogen-bond acceptors (Lipinski definition) is 2. The number of rotatable bonds is 5. The second-order valence-corrected chi connectivity index (χ2v) is 6.78. The molecule has 3 rings (SSSR count). The first-order valence-corrected chi connectivity index (χ1v) is 8.88. The Balaban J connectivity index is 1.46. The van der Waals surface area contributed by atoms with Gasteiger partial charge in [-0.1, -0.05) is 42.5 Å². The molecular formula is C21H26N2O. The maximum Gasteiger partial charge on any atom is 0.224 e. The molecule has 0 spiro atoms. The molecule has 0 radical (unpaired) electrons. The largest absolute Gasteiger partial charge is 0.326 e. The molecule has 3 heteroatoms. The molecule has 24 heavy (non-hydrogen) atoms. The molecule has 0 unspecified atom stereocenters. The van der Waals surface area contributed by atoms with Gasteiger partial charge in [0.15, 0.2) is 0 Å². The van der Waals surface area contributed by atoms with E-state index < -0.39 is 0 Å². The lowest BCUT2D eigenvalue weighted by Crippen LogP contribution is -2.20. The average molecular weight is 322 g/mol. The van der Waals surface area contributed by atoms with Gasteiger partial charge < -0.3 is 11.1 Å². The Morgan fingerprint density at radius 3 is 2.25 bits per heavy atom. The first-order valence-electron chi connectivity index (χ1n) is 8.88. The highest BCUT2D eigenvalue weighted by Crippen LogP contribution is 2.37. The predicted octanol–water partition coefficient (Wildman–Crippen LogP) is 4.45. The Kier molecular flexibility index (Phi) is 5.65. The first kappa shape index (κ1) is 16.7. The Hall–Kier alpha value is -2.13. The summed E-state index contributed by atoms with van der Waals surface area (Å²) in [6.07, 6.45) is 5.28. The molecule has 1 saturated carbocycles. The highest BCUT2D eigenvalue weighted by Gasteiger charge is 2.23. The molecule has 0 heterocycles. The van der Waals surface area contributed by atoms with Crippen LogP contribution in [-0.2, 0) is 11.3 Å². The molecule has 2 aromatic rings. The zero-order valence-electron chi connectivity index (χ0n) is 14.1. The van der Waals surface area contributed by atoms with Crippen LogP contribution in [0, 0.1) is 5.92 Å². The number of carbonyl (C=O) groups is 1. The summed E-state index contributed by atoms with van der Waals surface area (Å²) in [6.45, 7) is 0.527. The zero-order valence-corrected chi connectivity index (χ0v) is 14.1. The van der Waals surface area contributed by atoms with E-state index in [0.29, 0.717) is 24.8 Å². The van der Waals surface area contributed by atoms with Gasteiger partial charge in [0.2, 0.25) is 5.91 Å². The number of nitrogens with two attached hydrogens (primary N) is 1. The molecule has 1 aliphatic carbocycles. The minimum Gasteiger partial charge on any atom is -0.326 e. The second-order valence-electron chi connectivity index (χ2n) is 6.78. The number of carbonyl (C=O) groups excluding carboxylic acids is 1. The molecule has 0 aliphatic heterocycles. The van der Waals surface area contributed by atoms with E-state index in [4.69, 9.17) is 5.73 Å². The van der Waals surface area contributed by atoms with Crippen molar-refractivity contribution in [1.82, 2.24) is 0 Å². The van der Waals surface area contributed by atoms with Gasteiger partial charge in [0, 0.05) is 18.7 Å². The Labute approximate surface area is 144 Å². The van der Waals surface area contributed by atoms with Crippen LogP contribution in [-0.4, -0.2) is 5.91 Å². The van der Waals surface area contributed by atoms with Crippen LogP contribution in [0.25, 0.3) is 0 Å². The second kappa shape index (κ2) is 8.11. The molecule has 0 bridgehead atoms. The summed E-state index contributed by atoms with van der Waals surface area (Å²) in [5.41, 5.74) is 8.97. The van der Waals surface area contributed by atoms with Gasteiger partial charge in [0.25, 0.3) is 0 Å². The fourth-order valence-electron chi connectivity index (χ4n) is 3.62. The number of hydrogen-bond donors (Lipinski definition) is 2. The third kappa shape index (κ3) is 4.45. The summed E-state index contributed by atoms with van der Waals surface area (Å²) in [4.78, 5) is 12.3. The minimum absolute atomic E-state index is 0.124. The molecule has 3 nitrogen and oxygen atoms in total. The van der Waals surface area contributed by atoms with Crippen molar-refractivity contribution in [2.45, 2.75) is 44.6 Å². The number of amides is 1. The van der Waals surface area contributed by atoms with Crippen LogP contribution in [0.15, 0.2) is 54.6 Å².